The van der Waals surface area contributed by atoms with E-state index in [2.05, 4.69) is 0 Å². The lowest BCUT2D eigenvalue weighted by atomic mass is 10.1. The molecule has 0 aliphatic heterocycles. The monoisotopic (exact) mass is 312 g/mol. The molecule has 0 fully saturated rings. The van der Waals surface area contributed by atoms with Crippen LogP contribution in [0.3, 0.4) is 0 Å². The second-order valence-electron chi connectivity index (χ2n) is 4.58. The molecule has 0 amide bonds. The number of para-hydroxylation sites is 1. The molecule has 116 valence electrons. The Hall–Kier alpha value is -1.89. The van der Waals surface area contributed by atoms with Crippen molar-refractivity contribution in [2.45, 2.75) is 25.7 Å². The lowest BCUT2D eigenvalue weighted by Crippen LogP contribution is -2.13. The summed E-state index contributed by atoms with van der Waals surface area (Å²) in [5.41, 5.74) is 2.44. The SMILES string of the molecule is Cc1cc(C)c(S(=O)(=O)Oc2ccccc2)c(C)c1.O.O. The van der Waals surface area contributed by atoms with E-state index in [1.807, 2.05) is 25.1 Å². The van der Waals surface area contributed by atoms with Crippen molar-refractivity contribution in [1.29, 1.82) is 0 Å². The predicted octanol–water partition coefficient (Wildman–Crippen LogP) is 1.73. The molecule has 0 unspecified atom stereocenters. The smallest absolute Gasteiger partial charge is 0.339 e. The number of hydrogen-bond donors (Lipinski definition) is 0. The third-order valence-electron chi connectivity index (χ3n) is 2.80. The van der Waals surface area contributed by atoms with Crippen LogP contribution in [-0.4, -0.2) is 19.4 Å². The molecule has 0 saturated carbocycles. The molecule has 0 spiro atoms. The number of hydrogen-bond acceptors (Lipinski definition) is 3. The van der Waals surface area contributed by atoms with Gasteiger partial charge in [0.1, 0.15) is 10.6 Å². The average Bonchev–Trinajstić information content (AvgIpc) is 2.27. The van der Waals surface area contributed by atoms with Crippen LogP contribution in [0.15, 0.2) is 47.4 Å². The highest BCUT2D eigenvalue weighted by molar-refractivity contribution is 7.87. The average molecular weight is 312 g/mol. The molecule has 2 aromatic rings. The van der Waals surface area contributed by atoms with Crippen molar-refractivity contribution in [1.82, 2.24) is 0 Å². The van der Waals surface area contributed by atoms with E-state index in [1.165, 1.54) is 0 Å². The van der Waals surface area contributed by atoms with E-state index in [-0.39, 0.29) is 15.8 Å². The van der Waals surface area contributed by atoms with E-state index in [0.717, 1.165) is 5.56 Å². The maximum atomic E-state index is 12.3. The third-order valence-corrected chi connectivity index (χ3v) is 4.36. The molecule has 0 bridgehead atoms. The maximum absolute atomic E-state index is 12.3. The molecule has 0 radical (unpaired) electrons. The summed E-state index contributed by atoms with van der Waals surface area (Å²) in [4.78, 5) is 0.252. The van der Waals surface area contributed by atoms with Crippen molar-refractivity contribution >= 4 is 10.1 Å². The van der Waals surface area contributed by atoms with Crippen LogP contribution in [-0.2, 0) is 10.1 Å². The maximum Gasteiger partial charge on any atom is 0.339 e. The zero-order valence-corrected chi connectivity index (χ0v) is 13.0. The Morgan fingerprint density at radius 1 is 0.857 bits per heavy atom. The highest BCUT2D eigenvalue weighted by atomic mass is 32.2. The molecular weight excluding hydrogens is 292 g/mol. The Balaban J connectivity index is 0.00000200. The summed E-state index contributed by atoms with van der Waals surface area (Å²) in [6.07, 6.45) is 0. The molecule has 0 atom stereocenters. The molecule has 0 heterocycles. The van der Waals surface area contributed by atoms with Crippen LogP contribution in [0.1, 0.15) is 16.7 Å². The lowest BCUT2D eigenvalue weighted by Gasteiger charge is -2.12. The summed E-state index contributed by atoms with van der Waals surface area (Å²) in [6.45, 7) is 5.50. The Bertz CT molecular complexity index is 670. The van der Waals surface area contributed by atoms with Crippen molar-refractivity contribution in [2.75, 3.05) is 0 Å². The van der Waals surface area contributed by atoms with Gasteiger partial charge in [-0.05, 0) is 44.0 Å². The van der Waals surface area contributed by atoms with Gasteiger partial charge in [0.25, 0.3) is 0 Å². The van der Waals surface area contributed by atoms with Crippen LogP contribution < -0.4 is 4.18 Å². The Kier molecular flexibility index (Phi) is 6.56. The van der Waals surface area contributed by atoms with E-state index < -0.39 is 10.1 Å². The summed E-state index contributed by atoms with van der Waals surface area (Å²) in [7, 11) is -3.79. The fraction of sp³-hybridized carbons (Fsp3) is 0.200. The van der Waals surface area contributed by atoms with Crippen LogP contribution in [0, 0.1) is 20.8 Å². The minimum absolute atomic E-state index is 0. The fourth-order valence-corrected chi connectivity index (χ4v) is 3.56. The van der Waals surface area contributed by atoms with Gasteiger partial charge in [-0.25, -0.2) is 0 Å². The molecule has 5 nitrogen and oxygen atoms in total. The van der Waals surface area contributed by atoms with Gasteiger partial charge in [-0.2, -0.15) is 8.42 Å². The highest BCUT2D eigenvalue weighted by Gasteiger charge is 2.21. The fourth-order valence-electron chi connectivity index (χ4n) is 2.21. The van der Waals surface area contributed by atoms with Gasteiger partial charge < -0.3 is 15.1 Å². The second kappa shape index (κ2) is 7.21. The van der Waals surface area contributed by atoms with Crippen molar-refractivity contribution < 1.29 is 23.6 Å². The zero-order valence-electron chi connectivity index (χ0n) is 12.2. The van der Waals surface area contributed by atoms with Crippen LogP contribution >= 0.6 is 0 Å². The predicted molar refractivity (Wildman–Crippen MR) is 82.1 cm³/mol. The van der Waals surface area contributed by atoms with Gasteiger partial charge in [0.15, 0.2) is 0 Å². The summed E-state index contributed by atoms with van der Waals surface area (Å²) >= 11 is 0. The minimum Gasteiger partial charge on any atom is -0.412 e. The molecular formula is C15H20O5S. The first-order valence-electron chi connectivity index (χ1n) is 5.97. The second-order valence-corrected chi connectivity index (χ2v) is 6.06. The first-order chi connectivity index (χ1) is 8.90. The van der Waals surface area contributed by atoms with Crippen molar-refractivity contribution in [3.05, 3.63) is 59.2 Å². The van der Waals surface area contributed by atoms with Crippen molar-refractivity contribution in [2.24, 2.45) is 0 Å². The molecule has 2 aromatic carbocycles. The topological polar surface area (TPSA) is 106 Å². The third kappa shape index (κ3) is 4.29. The number of benzene rings is 2. The standard InChI is InChI=1S/C15H16O3S.2H2O/c1-11-9-12(2)15(13(3)10-11)19(16,17)18-14-7-5-4-6-8-14;;/h4-10H,1-3H3;2*1H2. The van der Waals surface area contributed by atoms with Gasteiger partial charge in [-0.1, -0.05) is 35.9 Å². The largest absolute Gasteiger partial charge is 0.412 e. The Morgan fingerprint density at radius 2 is 1.33 bits per heavy atom. The number of aryl methyl sites for hydroxylation is 3. The first kappa shape index (κ1) is 19.1. The Morgan fingerprint density at radius 3 is 1.81 bits per heavy atom. The van der Waals surface area contributed by atoms with Gasteiger partial charge in [-0.3, -0.25) is 0 Å². The summed E-state index contributed by atoms with van der Waals surface area (Å²) in [6, 6.07) is 12.2. The molecule has 0 saturated heterocycles. The van der Waals surface area contributed by atoms with E-state index in [1.54, 1.807) is 38.1 Å². The molecule has 2 rings (SSSR count). The zero-order chi connectivity index (χ0) is 14.0. The lowest BCUT2D eigenvalue weighted by molar-refractivity contribution is 0.485. The van der Waals surface area contributed by atoms with Gasteiger partial charge in [0.05, 0.1) is 0 Å². The first-order valence-corrected chi connectivity index (χ1v) is 7.38. The molecule has 0 aliphatic rings. The van der Waals surface area contributed by atoms with Crippen LogP contribution in [0.5, 0.6) is 5.75 Å². The van der Waals surface area contributed by atoms with Crippen LogP contribution in [0.2, 0.25) is 0 Å². The van der Waals surface area contributed by atoms with Crippen LogP contribution in [0.25, 0.3) is 0 Å². The molecule has 6 heteroatoms. The van der Waals surface area contributed by atoms with Crippen molar-refractivity contribution in [3.63, 3.8) is 0 Å². The molecule has 21 heavy (non-hydrogen) atoms. The molecule has 0 aromatic heterocycles. The van der Waals surface area contributed by atoms with Gasteiger partial charge in [0.2, 0.25) is 0 Å². The quantitative estimate of drug-likeness (QED) is 0.805. The van der Waals surface area contributed by atoms with E-state index in [4.69, 9.17) is 4.18 Å². The highest BCUT2D eigenvalue weighted by Crippen LogP contribution is 2.25. The summed E-state index contributed by atoms with van der Waals surface area (Å²) in [5, 5.41) is 0. The van der Waals surface area contributed by atoms with Crippen molar-refractivity contribution in [3.8, 4) is 5.75 Å². The molecule has 0 aliphatic carbocycles. The Labute approximate surface area is 124 Å². The van der Waals surface area contributed by atoms with Gasteiger partial charge >= 0.3 is 10.1 Å². The summed E-state index contributed by atoms with van der Waals surface area (Å²) in [5.74, 6) is 0.321. The van der Waals surface area contributed by atoms with Gasteiger partial charge in [-0.15, -0.1) is 0 Å². The van der Waals surface area contributed by atoms with E-state index in [0.29, 0.717) is 16.9 Å². The normalized spacial score (nSPS) is 10.2. The summed E-state index contributed by atoms with van der Waals surface area (Å²) < 4.78 is 29.8. The van der Waals surface area contributed by atoms with Crippen LogP contribution in [0.4, 0.5) is 0 Å². The van der Waals surface area contributed by atoms with E-state index in [9.17, 15) is 8.42 Å². The van der Waals surface area contributed by atoms with Gasteiger partial charge in [0, 0.05) is 0 Å². The number of rotatable bonds is 3. The minimum atomic E-state index is -3.79. The van der Waals surface area contributed by atoms with E-state index >= 15 is 0 Å². The molecule has 4 N–H and O–H groups in total.